The Morgan fingerprint density at radius 3 is 2.70 bits per heavy atom. The van der Waals surface area contributed by atoms with Gasteiger partial charge in [0.15, 0.2) is 0 Å². The second-order valence-corrected chi connectivity index (χ2v) is 7.18. The molecule has 0 radical (unpaired) electrons. The zero-order chi connectivity index (χ0) is 15.6. The highest BCUT2D eigenvalue weighted by molar-refractivity contribution is 5.16. The molecule has 2 atom stereocenters. The fourth-order valence-electron chi connectivity index (χ4n) is 3.92. The standard InChI is InChI=1S/C19H26N4/c1-23-18(21-22-19(23)15-10-11-15)13-20-17-9-5-8-16(17)12-14-6-3-2-4-7-14/h2-4,6-7,15-17,20H,5,8-13H2,1H3/t16-,17-/m1/s1. The highest BCUT2D eigenvalue weighted by Gasteiger charge is 2.30. The Morgan fingerprint density at radius 2 is 1.91 bits per heavy atom. The molecule has 0 aliphatic heterocycles. The lowest BCUT2D eigenvalue weighted by Crippen LogP contribution is -2.33. The van der Waals surface area contributed by atoms with Crippen LogP contribution in [0.5, 0.6) is 0 Å². The minimum Gasteiger partial charge on any atom is -0.317 e. The van der Waals surface area contributed by atoms with Gasteiger partial charge >= 0.3 is 0 Å². The molecule has 0 saturated heterocycles. The SMILES string of the molecule is Cn1c(CN[C@@H]2CCC[C@@H]2Cc2ccccc2)nnc1C1CC1. The van der Waals surface area contributed by atoms with Crippen LogP contribution < -0.4 is 5.32 Å². The number of aromatic nitrogens is 3. The molecule has 2 saturated carbocycles. The van der Waals surface area contributed by atoms with E-state index in [2.05, 4.69) is 57.5 Å². The van der Waals surface area contributed by atoms with E-state index in [0.717, 1.165) is 18.3 Å². The van der Waals surface area contributed by atoms with Crippen LogP contribution in [0.15, 0.2) is 30.3 Å². The van der Waals surface area contributed by atoms with Crippen molar-refractivity contribution >= 4 is 0 Å². The molecule has 23 heavy (non-hydrogen) atoms. The molecule has 2 aromatic rings. The van der Waals surface area contributed by atoms with E-state index in [1.165, 1.54) is 49.9 Å². The summed E-state index contributed by atoms with van der Waals surface area (Å²) in [7, 11) is 2.11. The molecular weight excluding hydrogens is 284 g/mol. The summed E-state index contributed by atoms with van der Waals surface area (Å²) in [5.41, 5.74) is 1.46. The van der Waals surface area contributed by atoms with Crippen molar-refractivity contribution in [3.63, 3.8) is 0 Å². The number of benzene rings is 1. The predicted octanol–water partition coefficient (Wildman–Crippen LogP) is 3.19. The average Bonchev–Trinajstić information content (AvgIpc) is 3.22. The second kappa shape index (κ2) is 6.44. The lowest BCUT2D eigenvalue weighted by molar-refractivity contribution is 0.390. The summed E-state index contributed by atoms with van der Waals surface area (Å²) in [4.78, 5) is 0. The summed E-state index contributed by atoms with van der Waals surface area (Å²) in [6, 6.07) is 11.5. The van der Waals surface area contributed by atoms with E-state index >= 15 is 0 Å². The Morgan fingerprint density at radius 1 is 1.09 bits per heavy atom. The van der Waals surface area contributed by atoms with E-state index in [4.69, 9.17) is 0 Å². The average molecular weight is 310 g/mol. The molecule has 1 aromatic carbocycles. The van der Waals surface area contributed by atoms with Gasteiger partial charge in [-0.1, -0.05) is 36.8 Å². The van der Waals surface area contributed by atoms with Crippen LogP contribution >= 0.6 is 0 Å². The van der Waals surface area contributed by atoms with Crippen LogP contribution in [0.1, 0.15) is 55.2 Å². The molecule has 4 heteroatoms. The minimum atomic E-state index is 0.608. The van der Waals surface area contributed by atoms with Gasteiger partial charge in [-0.25, -0.2) is 0 Å². The van der Waals surface area contributed by atoms with Crippen molar-refractivity contribution in [2.45, 2.75) is 57.0 Å². The Kier molecular flexibility index (Phi) is 4.17. The van der Waals surface area contributed by atoms with E-state index in [0.29, 0.717) is 12.0 Å². The van der Waals surface area contributed by atoms with Gasteiger partial charge in [0.25, 0.3) is 0 Å². The normalized spacial score (nSPS) is 24.2. The fraction of sp³-hybridized carbons (Fsp3) is 0.579. The number of nitrogens with zero attached hydrogens (tertiary/aromatic N) is 3. The van der Waals surface area contributed by atoms with E-state index in [9.17, 15) is 0 Å². The van der Waals surface area contributed by atoms with Gasteiger partial charge in [-0.3, -0.25) is 0 Å². The second-order valence-electron chi connectivity index (χ2n) is 7.18. The van der Waals surface area contributed by atoms with Gasteiger partial charge in [0.2, 0.25) is 0 Å². The van der Waals surface area contributed by atoms with Crippen LogP contribution in [-0.4, -0.2) is 20.8 Å². The summed E-state index contributed by atoms with van der Waals surface area (Å²) in [5, 5.41) is 12.5. The van der Waals surface area contributed by atoms with Crippen LogP contribution in [0.25, 0.3) is 0 Å². The molecule has 0 bridgehead atoms. The van der Waals surface area contributed by atoms with Crippen molar-refractivity contribution in [3.05, 3.63) is 47.5 Å². The third-order valence-electron chi connectivity index (χ3n) is 5.46. The summed E-state index contributed by atoms with van der Waals surface area (Å²) in [6.45, 7) is 0.839. The lowest BCUT2D eigenvalue weighted by Gasteiger charge is -2.21. The van der Waals surface area contributed by atoms with Crippen LogP contribution in [0, 0.1) is 5.92 Å². The molecule has 4 nitrogen and oxygen atoms in total. The highest BCUT2D eigenvalue weighted by atomic mass is 15.3. The molecule has 1 N–H and O–H groups in total. The smallest absolute Gasteiger partial charge is 0.146 e. The zero-order valence-electron chi connectivity index (χ0n) is 13.9. The molecule has 0 unspecified atom stereocenters. The van der Waals surface area contributed by atoms with Crippen LogP contribution in [-0.2, 0) is 20.0 Å². The van der Waals surface area contributed by atoms with Crippen molar-refractivity contribution in [1.82, 2.24) is 20.1 Å². The Balaban J connectivity index is 1.36. The largest absolute Gasteiger partial charge is 0.317 e. The first kappa shape index (κ1) is 14.9. The van der Waals surface area contributed by atoms with Crippen molar-refractivity contribution in [2.24, 2.45) is 13.0 Å². The maximum atomic E-state index is 4.40. The van der Waals surface area contributed by atoms with Crippen molar-refractivity contribution in [2.75, 3.05) is 0 Å². The molecule has 4 rings (SSSR count). The molecule has 0 amide bonds. The molecule has 1 heterocycles. The Labute approximate surface area is 138 Å². The maximum absolute atomic E-state index is 4.40. The Bertz CT molecular complexity index is 645. The molecule has 2 aliphatic carbocycles. The number of hydrogen-bond donors (Lipinski definition) is 1. The summed E-state index contributed by atoms with van der Waals surface area (Å²) < 4.78 is 2.20. The van der Waals surface area contributed by atoms with Crippen molar-refractivity contribution in [3.8, 4) is 0 Å². The van der Waals surface area contributed by atoms with Gasteiger partial charge in [0, 0.05) is 19.0 Å². The Hall–Kier alpha value is -1.68. The summed E-state index contributed by atoms with van der Waals surface area (Å²) >= 11 is 0. The third kappa shape index (κ3) is 3.32. The van der Waals surface area contributed by atoms with E-state index in [1.807, 2.05) is 0 Å². The quantitative estimate of drug-likeness (QED) is 0.891. The van der Waals surface area contributed by atoms with Crippen molar-refractivity contribution in [1.29, 1.82) is 0 Å². The first-order chi connectivity index (χ1) is 11.3. The van der Waals surface area contributed by atoms with Gasteiger partial charge in [0.05, 0.1) is 6.54 Å². The topological polar surface area (TPSA) is 42.7 Å². The van der Waals surface area contributed by atoms with E-state index < -0.39 is 0 Å². The van der Waals surface area contributed by atoms with E-state index in [1.54, 1.807) is 0 Å². The monoisotopic (exact) mass is 310 g/mol. The number of nitrogens with one attached hydrogen (secondary N) is 1. The molecule has 1 aromatic heterocycles. The maximum Gasteiger partial charge on any atom is 0.146 e. The minimum absolute atomic E-state index is 0.608. The van der Waals surface area contributed by atoms with Gasteiger partial charge in [-0.2, -0.15) is 0 Å². The lowest BCUT2D eigenvalue weighted by atomic mass is 9.94. The fourth-order valence-corrected chi connectivity index (χ4v) is 3.92. The number of rotatable bonds is 6. The predicted molar refractivity (Wildman–Crippen MR) is 91.1 cm³/mol. The number of hydrogen-bond acceptors (Lipinski definition) is 3. The van der Waals surface area contributed by atoms with Gasteiger partial charge in [-0.15, -0.1) is 10.2 Å². The van der Waals surface area contributed by atoms with Crippen molar-refractivity contribution < 1.29 is 0 Å². The highest BCUT2D eigenvalue weighted by Crippen LogP contribution is 2.38. The third-order valence-corrected chi connectivity index (χ3v) is 5.46. The molecule has 122 valence electrons. The summed E-state index contributed by atoms with van der Waals surface area (Å²) in [5.74, 6) is 3.67. The first-order valence-electron chi connectivity index (χ1n) is 8.96. The zero-order valence-corrected chi connectivity index (χ0v) is 13.9. The van der Waals surface area contributed by atoms with Crippen LogP contribution in [0.3, 0.4) is 0 Å². The van der Waals surface area contributed by atoms with Gasteiger partial charge in [-0.05, 0) is 43.6 Å². The summed E-state index contributed by atoms with van der Waals surface area (Å²) in [6.07, 6.45) is 7.69. The molecular formula is C19H26N4. The molecule has 2 aliphatic rings. The van der Waals surface area contributed by atoms with E-state index in [-0.39, 0.29) is 0 Å². The van der Waals surface area contributed by atoms with Gasteiger partial charge < -0.3 is 9.88 Å². The molecule has 0 spiro atoms. The first-order valence-corrected chi connectivity index (χ1v) is 8.96. The molecule has 2 fully saturated rings. The van der Waals surface area contributed by atoms with Crippen LogP contribution in [0.2, 0.25) is 0 Å². The van der Waals surface area contributed by atoms with Gasteiger partial charge in [0.1, 0.15) is 11.6 Å². The van der Waals surface area contributed by atoms with Crippen LogP contribution in [0.4, 0.5) is 0 Å².